The van der Waals surface area contributed by atoms with Gasteiger partial charge in [-0.3, -0.25) is 0 Å². The van der Waals surface area contributed by atoms with Gasteiger partial charge in [0, 0.05) is 0 Å². The summed E-state index contributed by atoms with van der Waals surface area (Å²) in [6.07, 6.45) is 6.30. The summed E-state index contributed by atoms with van der Waals surface area (Å²) in [6, 6.07) is 0. The second-order valence-corrected chi connectivity index (χ2v) is 20.6. The zero-order valence-corrected chi connectivity index (χ0v) is 11.9. The van der Waals surface area contributed by atoms with E-state index in [1.807, 2.05) is 0 Å². The quantitative estimate of drug-likeness (QED) is 0.665. The second-order valence-electron chi connectivity index (χ2n) is 4.40. The van der Waals surface area contributed by atoms with E-state index >= 15 is 0 Å². The topological polar surface area (TPSA) is 0 Å². The van der Waals surface area contributed by atoms with Crippen molar-refractivity contribution in [2.24, 2.45) is 0 Å². The average molecular weight is 275 g/mol. The summed E-state index contributed by atoms with van der Waals surface area (Å²) in [5, 5.41) is 0. The maximum absolute atomic E-state index is 2.47. The minimum atomic E-state index is -1.55. The van der Waals surface area contributed by atoms with E-state index in [2.05, 4.69) is 20.8 Å². The van der Waals surface area contributed by atoms with Crippen molar-refractivity contribution in [2.75, 3.05) is 0 Å². The van der Waals surface area contributed by atoms with Crippen molar-refractivity contribution in [2.45, 2.75) is 63.7 Å². The Bertz CT molecular complexity index is 113. The number of rotatable bonds is 4. The van der Waals surface area contributed by atoms with Gasteiger partial charge in [0.25, 0.3) is 0 Å². The first kappa shape index (κ1) is 10.9. The molecule has 0 bridgehead atoms. The van der Waals surface area contributed by atoms with Crippen molar-refractivity contribution in [3.05, 3.63) is 0 Å². The Morgan fingerprint density at radius 1 is 0.917 bits per heavy atom. The normalized spacial score (nSPS) is 20.2. The molecule has 1 heteroatoms. The van der Waals surface area contributed by atoms with Gasteiger partial charge >= 0.3 is 82.1 Å². The predicted octanol–water partition coefficient (Wildman–Crippen LogP) is 4.44. The second kappa shape index (κ2) is 4.88. The van der Waals surface area contributed by atoms with Crippen LogP contribution in [0.1, 0.15) is 46.5 Å². The van der Waals surface area contributed by atoms with Gasteiger partial charge < -0.3 is 0 Å². The molecule has 0 amide bonds. The van der Waals surface area contributed by atoms with Gasteiger partial charge in [-0.05, 0) is 0 Å². The van der Waals surface area contributed by atoms with E-state index in [1.54, 1.807) is 39.0 Å². The standard InChI is InChI=1S/C5H9.3C2H5.Sn/c1-2-4-5-3-1;3*1-2;/h1H,2-5H2;3*1H2,2H3;. The molecule has 0 aromatic carbocycles. The zero-order valence-electron chi connectivity index (χ0n) is 9.03. The molecule has 0 N–H and O–H groups in total. The fourth-order valence-electron chi connectivity index (χ4n) is 3.15. The monoisotopic (exact) mass is 276 g/mol. The summed E-state index contributed by atoms with van der Waals surface area (Å²) in [6.45, 7) is 7.42. The zero-order chi connectivity index (χ0) is 9.03. The van der Waals surface area contributed by atoms with Crippen LogP contribution in [-0.2, 0) is 0 Å². The molecule has 12 heavy (non-hydrogen) atoms. The first-order valence-electron chi connectivity index (χ1n) is 5.79. The van der Waals surface area contributed by atoms with Crippen LogP contribution in [-0.4, -0.2) is 18.4 Å². The number of hydrogen-bond donors (Lipinski definition) is 0. The Balaban J connectivity index is 2.61. The SMILES string of the molecule is C[CH2][Sn]([CH2]C)([CH2]C)[CH]1CCCC1. The average Bonchev–Trinajstić information content (AvgIpc) is 2.62. The number of hydrogen-bond acceptors (Lipinski definition) is 0. The van der Waals surface area contributed by atoms with Gasteiger partial charge in [0.15, 0.2) is 0 Å². The molecule has 0 aromatic heterocycles. The molecule has 0 unspecified atom stereocenters. The van der Waals surface area contributed by atoms with Crippen LogP contribution >= 0.6 is 0 Å². The molecule has 72 valence electrons. The van der Waals surface area contributed by atoms with Gasteiger partial charge in [0.2, 0.25) is 0 Å². The van der Waals surface area contributed by atoms with Crippen LogP contribution < -0.4 is 0 Å². The van der Waals surface area contributed by atoms with E-state index < -0.39 is 18.4 Å². The molecular weight excluding hydrogens is 251 g/mol. The van der Waals surface area contributed by atoms with Crippen LogP contribution in [0.15, 0.2) is 0 Å². The summed E-state index contributed by atoms with van der Waals surface area (Å²) in [5.41, 5.74) is 0. The molecule has 0 spiro atoms. The van der Waals surface area contributed by atoms with Crippen LogP contribution in [0.25, 0.3) is 0 Å². The van der Waals surface area contributed by atoms with Crippen LogP contribution in [0.4, 0.5) is 0 Å². The Kier molecular flexibility index (Phi) is 4.42. The fourth-order valence-corrected chi connectivity index (χ4v) is 17.0. The molecule has 0 atom stereocenters. The van der Waals surface area contributed by atoms with Gasteiger partial charge in [-0.1, -0.05) is 0 Å². The van der Waals surface area contributed by atoms with E-state index in [-0.39, 0.29) is 0 Å². The fraction of sp³-hybridized carbons (Fsp3) is 1.00. The van der Waals surface area contributed by atoms with E-state index in [0.29, 0.717) is 0 Å². The van der Waals surface area contributed by atoms with Crippen molar-refractivity contribution in [1.82, 2.24) is 0 Å². The molecule has 0 heterocycles. The maximum atomic E-state index is 2.47. The van der Waals surface area contributed by atoms with E-state index in [0.717, 1.165) is 0 Å². The third-order valence-corrected chi connectivity index (χ3v) is 23.0. The van der Waals surface area contributed by atoms with E-state index in [9.17, 15) is 0 Å². The summed E-state index contributed by atoms with van der Waals surface area (Å²) in [4.78, 5) is 0. The third kappa shape index (κ3) is 1.99. The first-order valence-corrected chi connectivity index (χ1v) is 13.5. The van der Waals surface area contributed by atoms with Crippen LogP contribution in [0, 0.1) is 0 Å². The van der Waals surface area contributed by atoms with Crippen LogP contribution in [0.3, 0.4) is 0 Å². The van der Waals surface area contributed by atoms with Crippen molar-refractivity contribution in [3.8, 4) is 0 Å². The van der Waals surface area contributed by atoms with Gasteiger partial charge in [0.1, 0.15) is 0 Å². The first-order chi connectivity index (χ1) is 5.79. The summed E-state index contributed by atoms with van der Waals surface area (Å²) >= 11 is -1.55. The molecule has 1 rings (SSSR count). The van der Waals surface area contributed by atoms with Crippen molar-refractivity contribution >= 4 is 18.4 Å². The molecule has 1 saturated carbocycles. The van der Waals surface area contributed by atoms with Crippen molar-refractivity contribution in [1.29, 1.82) is 0 Å². The molecule has 0 saturated heterocycles. The molecule has 1 fully saturated rings. The predicted molar refractivity (Wildman–Crippen MR) is 59.4 cm³/mol. The molecule has 0 aliphatic heterocycles. The summed E-state index contributed by atoms with van der Waals surface area (Å²) in [7, 11) is 0. The van der Waals surface area contributed by atoms with Gasteiger partial charge in [-0.2, -0.15) is 0 Å². The van der Waals surface area contributed by atoms with Gasteiger partial charge in [-0.25, -0.2) is 0 Å². The Morgan fingerprint density at radius 3 is 1.67 bits per heavy atom. The molecule has 0 radical (unpaired) electrons. The van der Waals surface area contributed by atoms with Crippen LogP contribution in [0.2, 0.25) is 17.2 Å². The Morgan fingerprint density at radius 2 is 1.33 bits per heavy atom. The Labute approximate surface area is 82.0 Å². The van der Waals surface area contributed by atoms with Gasteiger partial charge in [0.05, 0.1) is 0 Å². The summed E-state index contributed by atoms with van der Waals surface area (Å²) < 4.78 is 6.07. The van der Waals surface area contributed by atoms with E-state index in [4.69, 9.17) is 0 Å². The van der Waals surface area contributed by atoms with E-state index in [1.165, 1.54) is 3.93 Å². The van der Waals surface area contributed by atoms with Crippen molar-refractivity contribution < 1.29 is 0 Å². The van der Waals surface area contributed by atoms with Crippen molar-refractivity contribution in [3.63, 3.8) is 0 Å². The molecule has 0 nitrogen and oxygen atoms in total. The minimum absolute atomic E-state index is 1.26. The molecule has 1 aliphatic rings. The Hall–Kier alpha value is 0.799. The van der Waals surface area contributed by atoms with Gasteiger partial charge in [-0.15, -0.1) is 0 Å². The third-order valence-electron chi connectivity index (χ3n) is 4.33. The van der Waals surface area contributed by atoms with Crippen LogP contribution in [0.5, 0.6) is 0 Å². The molecular formula is C11H24Sn. The molecule has 0 aromatic rings. The summed E-state index contributed by atoms with van der Waals surface area (Å²) in [5.74, 6) is 0. The molecule has 1 aliphatic carbocycles.